The Kier molecular flexibility index (Phi) is 5.48. The summed E-state index contributed by atoms with van der Waals surface area (Å²) in [6.07, 6.45) is 6.26. The minimum absolute atomic E-state index is 0.0715. The van der Waals surface area contributed by atoms with E-state index in [1.165, 1.54) is 0 Å². The minimum Gasteiger partial charge on any atom is -0.479 e. The Hall–Kier alpha value is -2.40. The molecule has 0 unspecified atom stereocenters. The summed E-state index contributed by atoms with van der Waals surface area (Å²) in [7, 11) is 0. The highest BCUT2D eigenvalue weighted by Crippen LogP contribution is 2.42. The van der Waals surface area contributed by atoms with E-state index in [0.717, 1.165) is 12.1 Å². The van der Waals surface area contributed by atoms with Crippen LogP contribution in [0.15, 0.2) is 12.1 Å². The Bertz CT molecular complexity index is 742. The summed E-state index contributed by atoms with van der Waals surface area (Å²) in [6, 6.07) is 1.87. The Morgan fingerprint density at radius 1 is 1.36 bits per heavy atom. The lowest BCUT2D eigenvalue weighted by molar-refractivity contribution is -0.144. The smallest absolute Gasteiger partial charge is 0.387 e. The fourth-order valence-corrected chi connectivity index (χ4v) is 3.18. The molecule has 1 saturated carbocycles. The summed E-state index contributed by atoms with van der Waals surface area (Å²) in [5.41, 5.74) is -2.22. The van der Waals surface area contributed by atoms with E-state index >= 15 is 0 Å². The van der Waals surface area contributed by atoms with Crippen LogP contribution in [0, 0.1) is 18.2 Å². The number of anilines is 1. The molecular weight excluding hydrogens is 363 g/mol. The number of hydrogen-bond acceptors (Lipinski definition) is 3. The van der Waals surface area contributed by atoms with E-state index < -0.39 is 46.3 Å². The number of terminal acetylenes is 1. The maximum absolute atomic E-state index is 14.6. The van der Waals surface area contributed by atoms with Crippen molar-refractivity contribution in [2.75, 3.05) is 4.90 Å². The third kappa shape index (κ3) is 3.37. The van der Waals surface area contributed by atoms with Gasteiger partial charge in [-0.15, -0.1) is 6.42 Å². The normalized spacial score (nSPS) is 15.7. The zero-order valence-corrected chi connectivity index (χ0v) is 13.5. The van der Waals surface area contributed by atoms with Crippen LogP contribution in [0.5, 0.6) is 5.75 Å². The number of benzene rings is 1. The average Bonchev–Trinajstić information content (AvgIpc) is 3.04. The first-order chi connectivity index (χ1) is 11.7. The zero-order chi connectivity index (χ0) is 18.8. The molecule has 134 valence electrons. The van der Waals surface area contributed by atoms with Gasteiger partial charge in [0.25, 0.3) is 0 Å². The third-order valence-electron chi connectivity index (χ3n) is 4.07. The van der Waals surface area contributed by atoms with Crippen LogP contribution in [-0.4, -0.2) is 29.1 Å². The van der Waals surface area contributed by atoms with Crippen molar-refractivity contribution in [3.63, 3.8) is 0 Å². The predicted molar refractivity (Wildman–Crippen MR) is 83.2 cm³/mol. The number of hydrogen-bond donors (Lipinski definition) is 1. The molecule has 0 spiro atoms. The first-order valence-electron chi connectivity index (χ1n) is 7.21. The van der Waals surface area contributed by atoms with Crippen molar-refractivity contribution in [3.8, 4) is 18.1 Å². The maximum Gasteiger partial charge on any atom is 0.387 e. The first kappa shape index (κ1) is 18.9. The Morgan fingerprint density at radius 3 is 2.44 bits per heavy atom. The number of aliphatic carboxylic acids is 1. The van der Waals surface area contributed by atoms with E-state index in [1.807, 2.05) is 0 Å². The first-order valence-corrected chi connectivity index (χ1v) is 7.59. The molecule has 0 heterocycles. The van der Waals surface area contributed by atoms with Crippen molar-refractivity contribution in [1.82, 2.24) is 0 Å². The SMILES string of the molecule is C#CC(=O)N(c1ccc(OC(F)F)c(Cl)c1F)C1(C(=O)O)CCCC1. The molecule has 1 aromatic carbocycles. The largest absolute Gasteiger partial charge is 0.479 e. The number of carbonyl (C=O) groups is 2. The number of ether oxygens (including phenoxy) is 1. The van der Waals surface area contributed by atoms with Crippen LogP contribution in [0.4, 0.5) is 18.9 Å². The standard InChI is InChI=1S/C16H13ClF3NO4/c1-2-11(22)21(16(14(23)24)7-3-4-8-16)9-5-6-10(25-15(19)20)12(17)13(9)18/h1,5-6,15H,3-4,7-8H2,(H,23,24). The molecule has 0 aromatic heterocycles. The number of alkyl halides is 2. The summed E-state index contributed by atoms with van der Waals surface area (Å²) in [5.74, 6) is -2.53. The molecule has 5 nitrogen and oxygen atoms in total. The minimum atomic E-state index is -3.23. The molecule has 0 radical (unpaired) electrons. The van der Waals surface area contributed by atoms with Gasteiger partial charge in [0.2, 0.25) is 0 Å². The van der Waals surface area contributed by atoms with Crippen molar-refractivity contribution in [2.45, 2.75) is 37.8 Å². The van der Waals surface area contributed by atoms with E-state index in [9.17, 15) is 27.9 Å². The van der Waals surface area contributed by atoms with Crippen LogP contribution < -0.4 is 9.64 Å². The quantitative estimate of drug-likeness (QED) is 0.800. The lowest BCUT2D eigenvalue weighted by Crippen LogP contribution is -2.56. The van der Waals surface area contributed by atoms with Crippen molar-refractivity contribution < 1.29 is 32.6 Å². The van der Waals surface area contributed by atoms with Crippen LogP contribution in [0.25, 0.3) is 0 Å². The van der Waals surface area contributed by atoms with Gasteiger partial charge in [-0.1, -0.05) is 24.4 Å². The highest BCUT2D eigenvalue weighted by atomic mass is 35.5. The van der Waals surface area contributed by atoms with Gasteiger partial charge in [0, 0.05) is 0 Å². The van der Waals surface area contributed by atoms with Crippen LogP contribution in [0.1, 0.15) is 25.7 Å². The second kappa shape index (κ2) is 7.23. The van der Waals surface area contributed by atoms with Gasteiger partial charge >= 0.3 is 18.5 Å². The van der Waals surface area contributed by atoms with Crippen LogP contribution in [0.3, 0.4) is 0 Å². The molecular formula is C16H13ClF3NO4. The van der Waals surface area contributed by atoms with Crippen molar-refractivity contribution in [2.24, 2.45) is 0 Å². The number of amides is 1. The van der Waals surface area contributed by atoms with Crippen molar-refractivity contribution >= 4 is 29.2 Å². The van der Waals surface area contributed by atoms with Gasteiger partial charge in [-0.05, 0) is 30.9 Å². The van der Waals surface area contributed by atoms with Crippen molar-refractivity contribution in [3.05, 3.63) is 23.0 Å². The van der Waals surface area contributed by atoms with Gasteiger partial charge in [0.05, 0.1) is 5.69 Å². The molecule has 1 aliphatic carbocycles. The molecule has 0 saturated heterocycles. The Balaban J connectivity index is 2.61. The van der Waals surface area contributed by atoms with E-state index in [1.54, 1.807) is 5.92 Å². The Labute approximate surface area is 146 Å². The molecule has 9 heteroatoms. The summed E-state index contributed by atoms with van der Waals surface area (Å²) in [5, 5.41) is 8.83. The van der Waals surface area contributed by atoms with E-state index in [2.05, 4.69) is 4.74 Å². The number of carbonyl (C=O) groups excluding carboxylic acids is 1. The molecule has 25 heavy (non-hydrogen) atoms. The number of carboxylic acids is 1. The molecule has 1 aliphatic rings. The molecule has 2 rings (SSSR count). The van der Waals surface area contributed by atoms with E-state index in [0.29, 0.717) is 17.7 Å². The lowest BCUT2D eigenvalue weighted by Gasteiger charge is -2.36. The van der Waals surface area contributed by atoms with Gasteiger partial charge in [0.1, 0.15) is 16.3 Å². The summed E-state index contributed by atoms with van der Waals surface area (Å²) >= 11 is 5.70. The fourth-order valence-electron chi connectivity index (χ4n) is 2.97. The lowest BCUT2D eigenvalue weighted by atomic mass is 9.93. The van der Waals surface area contributed by atoms with Crippen molar-refractivity contribution in [1.29, 1.82) is 0 Å². The van der Waals surface area contributed by atoms with E-state index in [-0.39, 0.29) is 12.8 Å². The number of halogens is 4. The monoisotopic (exact) mass is 375 g/mol. The maximum atomic E-state index is 14.6. The number of carboxylic acid groups (broad SMARTS) is 1. The molecule has 0 aliphatic heterocycles. The van der Waals surface area contributed by atoms with Gasteiger partial charge in [0.15, 0.2) is 5.82 Å². The van der Waals surface area contributed by atoms with E-state index in [4.69, 9.17) is 18.0 Å². The predicted octanol–water partition coefficient (Wildman–Crippen LogP) is 3.44. The molecule has 0 bridgehead atoms. The molecule has 1 N–H and O–H groups in total. The van der Waals surface area contributed by atoms with Gasteiger partial charge in [-0.2, -0.15) is 8.78 Å². The number of nitrogens with zero attached hydrogens (tertiary/aromatic N) is 1. The third-order valence-corrected chi connectivity index (χ3v) is 4.42. The molecule has 1 aromatic rings. The van der Waals surface area contributed by atoms with Crippen LogP contribution >= 0.6 is 11.6 Å². The summed E-state index contributed by atoms with van der Waals surface area (Å²) < 4.78 is 43.3. The Morgan fingerprint density at radius 2 is 1.96 bits per heavy atom. The van der Waals surface area contributed by atoms with Gasteiger partial charge < -0.3 is 9.84 Å². The van der Waals surface area contributed by atoms with Crippen LogP contribution in [-0.2, 0) is 9.59 Å². The van der Waals surface area contributed by atoms with Gasteiger partial charge in [-0.3, -0.25) is 9.69 Å². The topological polar surface area (TPSA) is 66.8 Å². The van der Waals surface area contributed by atoms with Crippen LogP contribution in [0.2, 0.25) is 5.02 Å². The average molecular weight is 376 g/mol. The number of rotatable bonds is 5. The highest BCUT2D eigenvalue weighted by molar-refractivity contribution is 6.32. The summed E-state index contributed by atoms with van der Waals surface area (Å²) in [6.45, 7) is -3.23. The second-order valence-electron chi connectivity index (χ2n) is 5.42. The van der Waals surface area contributed by atoms with Gasteiger partial charge in [-0.25, -0.2) is 9.18 Å². The molecule has 0 atom stereocenters. The molecule has 1 amide bonds. The second-order valence-corrected chi connectivity index (χ2v) is 5.80. The summed E-state index contributed by atoms with van der Waals surface area (Å²) in [4.78, 5) is 24.7. The molecule has 1 fully saturated rings. The fraction of sp³-hybridized carbons (Fsp3) is 0.375. The highest BCUT2D eigenvalue weighted by Gasteiger charge is 2.50. The zero-order valence-electron chi connectivity index (χ0n) is 12.8.